The quantitative estimate of drug-likeness (QED) is 0.198. The van der Waals surface area contributed by atoms with Gasteiger partial charge in [0.15, 0.2) is 0 Å². The van der Waals surface area contributed by atoms with Gasteiger partial charge in [0.2, 0.25) is 0 Å². The average molecular weight is 424 g/mol. The summed E-state index contributed by atoms with van der Waals surface area (Å²) >= 11 is 0. The van der Waals surface area contributed by atoms with Crippen LogP contribution >= 0.6 is 0 Å². The van der Waals surface area contributed by atoms with Crippen molar-refractivity contribution in [2.24, 2.45) is 5.92 Å². The second kappa shape index (κ2) is 18.5. The van der Waals surface area contributed by atoms with Gasteiger partial charge in [0.05, 0.1) is 0 Å². The summed E-state index contributed by atoms with van der Waals surface area (Å²) in [6.45, 7) is 2.64. The summed E-state index contributed by atoms with van der Waals surface area (Å²) in [7, 11) is 4.48. The molecule has 2 atom stereocenters. The standard InChI is InChI=1S/C28H57NO/c1-4-5-6-7-8-9-10-11-12-13-14-15-16-17-18-19-22-27-23-20-21-24-28(27,25-26-30)29(2)3/h27,30H,4-26H2,1-3H3. The molecule has 0 aromatic heterocycles. The Balaban J connectivity index is 1.95. The maximum Gasteiger partial charge on any atom is 0.0448 e. The Labute approximate surface area is 190 Å². The van der Waals surface area contributed by atoms with E-state index in [0.29, 0.717) is 6.61 Å². The molecule has 0 aromatic rings. The molecule has 180 valence electrons. The molecular weight excluding hydrogens is 366 g/mol. The lowest BCUT2D eigenvalue weighted by Gasteiger charge is -2.49. The Kier molecular flexibility index (Phi) is 17.2. The van der Waals surface area contributed by atoms with E-state index in [4.69, 9.17) is 0 Å². The van der Waals surface area contributed by atoms with E-state index in [-0.39, 0.29) is 5.54 Å². The fourth-order valence-corrected chi connectivity index (χ4v) is 5.98. The molecule has 2 unspecified atom stereocenters. The third kappa shape index (κ3) is 11.5. The first-order valence-electron chi connectivity index (χ1n) is 14.0. The monoisotopic (exact) mass is 423 g/mol. The molecule has 2 heteroatoms. The van der Waals surface area contributed by atoms with Crippen LogP contribution in [0.4, 0.5) is 0 Å². The van der Waals surface area contributed by atoms with E-state index in [2.05, 4.69) is 25.9 Å². The lowest BCUT2D eigenvalue weighted by molar-refractivity contribution is 0.00949. The zero-order valence-corrected chi connectivity index (χ0v) is 21.2. The van der Waals surface area contributed by atoms with Crippen molar-refractivity contribution >= 4 is 0 Å². The maximum absolute atomic E-state index is 9.64. The highest BCUT2D eigenvalue weighted by molar-refractivity contribution is 4.96. The molecule has 1 saturated carbocycles. The van der Waals surface area contributed by atoms with E-state index in [1.165, 1.54) is 135 Å². The van der Waals surface area contributed by atoms with Gasteiger partial charge in [-0.15, -0.1) is 0 Å². The first kappa shape index (κ1) is 28.0. The number of unbranched alkanes of at least 4 members (excludes halogenated alkanes) is 15. The highest BCUT2D eigenvalue weighted by Crippen LogP contribution is 2.42. The van der Waals surface area contributed by atoms with Crippen LogP contribution in [-0.2, 0) is 0 Å². The van der Waals surface area contributed by atoms with E-state index in [1.807, 2.05) is 0 Å². The number of hydrogen-bond acceptors (Lipinski definition) is 2. The van der Waals surface area contributed by atoms with Crippen LogP contribution in [-0.4, -0.2) is 36.2 Å². The van der Waals surface area contributed by atoms with Gasteiger partial charge in [-0.05, 0) is 45.7 Å². The molecule has 0 bridgehead atoms. The van der Waals surface area contributed by atoms with Gasteiger partial charge in [0.25, 0.3) is 0 Å². The molecular formula is C28H57NO. The molecule has 1 rings (SSSR count). The highest BCUT2D eigenvalue weighted by atomic mass is 16.3. The number of hydrogen-bond donors (Lipinski definition) is 1. The minimum Gasteiger partial charge on any atom is -0.396 e. The molecule has 1 N–H and O–H groups in total. The van der Waals surface area contributed by atoms with E-state index in [0.717, 1.165) is 12.3 Å². The SMILES string of the molecule is CCCCCCCCCCCCCCCCCCC1CCCCC1(CCO)N(C)C. The van der Waals surface area contributed by atoms with Crippen LogP contribution in [0.3, 0.4) is 0 Å². The summed E-state index contributed by atoms with van der Waals surface area (Å²) in [4.78, 5) is 2.44. The van der Waals surface area contributed by atoms with Gasteiger partial charge in [-0.3, -0.25) is 0 Å². The number of nitrogens with zero attached hydrogens (tertiary/aromatic N) is 1. The molecule has 0 saturated heterocycles. The van der Waals surface area contributed by atoms with E-state index < -0.39 is 0 Å². The van der Waals surface area contributed by atoms with Gasteiger partial charge >= 0.3 is 0 Å². The molecule has 1 aliphatic carbocycles. The predicted octanol–water partition coefficient (Wildman–Crippen LogP) is 8.51. The predicted molar refractivity (Wildman–Crippen MR) is 134 cm³/mol. The van der Waals surface area contributed by atoms with Crippen molar-refractivity contribution in [1.82, 2.24) is 4.90 Å². The zero-order valence-electron chi connectivity index (χ0n) is 21.2. The lowest BCUT2D eigenvalue weighted by Crippen LogP contribution is -2.52. The molecule has 0 aromatic carbocycles. The minimum atomic E-state index is 0.266. The molecule has 1 fully saturated rings. The third-order valence-electron chi connectivity index (χ3n) is 8.01. The fraction of sp³-hybridized carbons (Fsp3) is 1.00. The van der Waals surface area contributed by atoms with Gasteiger partial charge in [-0.25, -0.2) is 0 Å². The van der Waals surface area contributed by atoms with Crippen molar-refractivity contribution in [3.05, 3.63) is 0 Å². The first-order chi connectivity index (χ1) is 14.7. The van der Waals surface area contributed by atoms with Gasteiger partial charge < -0.3 is 10.0 Å². The van der Waals surface area contributed by atoms with Gasteiger partial charge in [-0.1, -0.05) is 122 Å². The van der Waals surface area contributed by atoms with Crippen LogP contribution in [0.15, 0.2) is 0 Å². The zero-order chi connectivity index (χ0) is 21.9. The van der Waals surface area contributed by atoms with E-state index in [9.17, 15) is 5.11 Å². The molecule has 0 radical (unpaired) electrons. The van der Waals surface area contributed by atoms with E-state index in [1.54, 1.807) is 0 Å². The van der Waals surface area contributed by atoms with Gasteiger partial charge in [0.1, 0.15) is 0 Å². The van der Waals surface area contributed by atoms with Crippen molar-refractivity contribution in [3.63, 3.8) is 0 Å². The lowest BCUT2D eigenvalue weighted by atomic mass is 9.68. The summed E-state index contributed by atoms with van der Waals surface area (Å²) in [5.41, 5.74) is 0.266. The number of aliphatic hydroxyl groups excluding tert-OH is 1. The van der Waals surface area contributed by atoms with Crippen molar-refractivity contribution < 1.29 is 5.11 Å². The maximum atomic E-state index is 9.64. The van der Waals surface area contributed by atoms with Crippen molar-refractivity contribution in [2.45, 2.75) is 154 Å². The summed E-state index contributed by atoms with van der Waals surface area (Å²) in [6.07, 6.45) is 30.8. The molecule has 1 aliphatic rings. The fourth-order valence-electron chi connectivity index (χ4n) is 5.98. The Morgan fingerprint density at radius 1 is 0.700 bits per heavy atom. The Morgan fingerprint density at radius 2 is 1.17 bits per heavy atom. The average Bonchev–Trinajstić information content (AvgIpc) is 2.74. The van der Waals surface area contributed by atoms with Gasteiger partial charge in [-0.2, -0.15) is 0 Å². The van der Waals surface area contributed by atoms with Crippen molar-refractivity contribution in [3.8, 4) is 0 Å². The minimum absolute atomic E-state index is 0.266. The molecule has 0 spiro atoms. The normalized spacial score (nSPS) is 22.1. The molecule has 0 aliphatic heterocycles. The van der Waals surface area contributed by atoms with Crippen LogP contribution < -0.4 is 0 Å². The summed E-state index contributed by atoms with van der Waals surface area (Å²) in [6, 6.07) is 0. The van der Waals surface area contributed by atoms with Crippen LogP contribution in [0.1, 0.15) is 148 Å². The first-order valence-corrected chi connectivity index (χ1v) is 14.0. The molecule has 2 nitrogen and oxygen atoms in total. The van der Waals surface area contributed by atoms with Crippen LogP contribution in [0.2, 0.25) is 0 Å². The number of aliphatic hydroxyl groups is 1. The van der Waals surface area contributed by atoms with Crippen LogP contribution in [0.25, 0.3) is 0 Å². The van der Waals surface area contributed by atoms with Crippen molar-refractivity contribution in [1.29, 1.82) is 0 Å². The second-order valence-corrected chi connectivity index (χ2v) is 10.5. The molecule has 0 heterocycles. The summed E-state index contributed by atoms with van der Waals surface area (Å²) in [5, 5.41) is 9.64. The van der Waals surface area contributed by atoms with Gasteiger partial charge in [0, 0.05) is 12.1 Å². The molecule has 0 amide bonds. The van der Waals surface area contributed by atoms with Crippen LogP contribution in [0, 0.1) is 5.92 Å². The highest BCUT2D eigenvalue weighted by Gasteiger charge is 2.41. The van der Waals surface area contributed by atoms with E-state index >= 15 is 0 Å². The van der Waals surface area contributed by atoms with Crippen LogP contribution in [0.5, 0.6) is 0 Å². The Bertz CT molecular complexity index is 366. The summed E-state index contributed by atoms with van der Waals surface area (Å²) in [5.74, 6) is 0.792. The Hall–Kier alpha value is -0.0800. The number of rotatable bonds is 20. The molecule has 30 heavy (non-hydrogen) atoms. The largest absolute Gasteiger partial charge is 0.396 e. The second-order valence-electron chi connectivity index (χ2n) is 10.5. The topological polar surface area (TPSA) is 23.5 Å². The summed E-state index contributed by atoms with van der Waals surface area (Å²) < 4.78 is 0. The smallest absolute Gasteiger partial charge is 0.0448 e. The third-order valence-corrected chi connectivity index (χ3v) is 8.01. The Morgan fingerprint density at radius 3 is 1.60 bits per heavy atom. The van der Waals surface area contributed by atoms with Crippen molar-refractivity contribution in [2.75, 3.05) is 20.7 Å².